The highest BCUT2D eigenvalue weighted by molar-refractivity contribution is 7.91. The fraction of sp³-hybridized carbons (Fsp3) is 0.276. The standard InChI is InChI=1S/C29H27ClF4N2O4S/c1-2-41(39,40)24-8-4-18(5-9-24)26(17-37)35-28(38)20-6-10-27-21(13-20)15-23(36(27)12-11-31)14-19-3-7-22(30)16-25(19)29(32,33)34/h3-10,13,15-16,26,37H,2,11-12,14,17H2,1H3,(H,35,38)/t26-/m0/s1/i17D2. The number of aromatic nitrogens is 1. The lowest BCUT2D eigenvalue weighted by Crippen LogP contribution is -2.30. The number of hydrogen-bond donors (Lipinski definition) is 2. The molecular weight excluding hydrogens is 584 g/mol. The zero-order valence-electron chi connectivity index (χ0n) is 23.7. The van der Waals surface area contributed by atoms with E-state index in [2.05, 4.69) is 5.32 Å². The van der Waals surface area contributed by atoms with Gasteiger partial charge < -0.3 is 15.0 Å². The average Bonchev–Trinajstić information content (AvgIpc) is 3.27. The molecule has 0 bridgehead atoms. The van der Waals surface area contributed by atoms with Crippen molar-refractivity contribution in [2.45, 2.75) is 37.0 Å². The van der Waals surface area contributed by atoms with Crippen LogP contribution in [-0.2, 0) is 29.0 Å². The van der Waals surface area contributed by atoms with Crippen molar-refractivity contribution in [3.63, 3.8) is 0 Å². The molecule has 2 N–H and O–H groups in total. The molecule has 0 fully saturated rings. The Bertz CT molecular complexity index is 1760. The Kier molecular flexibility index (Phi) is 8.27. The van der Waals surface area contributed by atoms with Gasteiger partial charge in [0.05, 0.1) is 38.1 Å². The SMILES string of the molecule is [2H]C([2H])(O)[C@H](NC(=O)c1ccc2c(c1)cc(Cc1ccc(Cl)cc1C(F)(F)F)n2CCF)c1ccc(S(=O)(=O)CC)cc1. The Morgan fingerprint density at radius 2 is 1.80 bits per heavy atom. The third-order valence-corrected chi connectivity index (χ3v) is 8.65. The van der Waals surface area contributed by atoms with Crippen LogP contribution >= 0.6 is 11.6 Å². The van der Waals surface area contributed by atoms with Gasteiger partial charge in [-0.2, -0.15) is 13.2 Å². The first kappa shape index (κ1) is 27.7. The molecule has 3 aromatic carbocycles. The van der Waals surface area contributed by atoms with E-state index in [0.717, 1.165) is 6.07 Å². The van der Waals surface area contributed by atoms with E-state index in [1.54, 1.807) is 6.07 Å². The monoisotopic (exact) mass is 612 g/mol. The highest BCUT2D eigenvalue weighted by Gasteiger charge is 2.33. The van der Waals surface area contributed by atoms with E-state index in [1.165, 1.54) is 66.1 Å². The molecule has 4 rings (SSSR count). The normalized spacial score (nSPS) is 14.0. The number of benzene rings is 3. The van der Waals surface area contributed by atoms with Crippen LogP contribution in [0.15, 0.2) is 71.6 Å². The molecule has 1 amide bonds. The molecule has 0 aliphatic carbocycles. The van der Waals surface area contributed by atoms with Crippen molar-refractivity contribution in [1.29, 1.82) is 0 Å². The van der Waals surface area contributed by atoms with Crippen LogP contribution in [0.1, 0.15) is 48.4 Å². The summed E-state index contributed by atoms with van der Waals surface area (Å²) in [7, 11) is -3.53. The number of carbonyl (C=O) groups is 1. The third kappa shape index (κ3) is 6.74. The summed E-state index contributed by atoms with van der Waals surface area (Å²) in [6, 6.07) is 12.8. The number of aliphatic hydroxyl groups is 1. The molecule has 0 unspecified atom stereocenters. The van der Waals surface area contributed by atoms with E-state index < -0.39 is 46.8 Å². The first-order valence-corrected chi connectivity index (χ1v) is 14.5. The molecule has 1 aromatic heterocycles. The maximum atomic E-state index is 13.7. The van der Waals surface area contributed by atoms with Crippen LogP contribution in [0.2, 0.25) is 5.02 Å². The van der Waals surface area contributed by atoms with Crippen LogP contribution in [-0.4, -0.2) is 43.0 Å². The van der Waals surface area contributed by atoms with E-state index >= 15 is 0 Å². The Hall–Kier alpha value is -3.41. The van der Waals surface area contributed by atoms with Gasteiger partial charge in [-0.1, -0.05) is 36.7 Å². The van der Waals surface area contributed by atoms with Crippen LogP contribution < -0.4 is 5.32 Å². The number of carbonyl (C=O) groups excluding carboxylic acids is 1. The van der Waals surface area contributed by atoms with E-state index in [0.29, 0.717) is 16.6 Å². The Labute approximate surface area is 242 Å². The van der Waals surface area contributed by atoms with Gasteiger partial charge in [0.2, 0.25) is 0 Å². The van der Waals surface area contributed by atoms with Crippen LogP contribution in [0.25, 0.3) is 10.9 Å². The van der Waals surface area contributed by atoms with E-state index in [-0.39, 0.29) is 45.3 Å². The number of sulfone groups is 1. The second kappa shape index (κ2) is 12.2. The summed E-state index contributed by atoms with van der Waals surface area (Å²) < 4.78 is 96.0. The maximum Gasteiger partial charge on any atom is 0.416 e. The highest BCUT2D eigenvalue weighted by atomic mass is 35.5. The van der Waals surface area contributed by atoms with Crippen molar-refractivity contribution in [2.24, 2.45) is 0 Å². The topological polar surface area (TPSA) is 88.4 Å². The Balaban J connectivity index is 1.67. The van der Waals surface area contributed by atoms with Gasteiger partial charge in [0.15, 0.2) is 9.84 Å². The van der Waals surface area contributed by atoms with Gasteiger partial charge in [0.25, 0.3) is 5.91 Å². The Morgan fingerprint density at radius 3 is 2.41 bits per heavy atom. The molecule has 0 saturated heterocycles. The molecule has 0 radical (unpaired) electrons. The van der Waals surface area contributed by atoms with Crippen molar-refractivity contribution in [1.82, 2.24) is 9.88 Å². The number of alkyl halides is 4. The molecule has 218 valence electrons. The number of fused-ring (bicyclic) bond motifs is 1. The lowest BCUT2D eigenvalue weighted by Gasteiger charge is -2.17. The predicted molar refractivity (Wildman–Crippen MR) is 149 cm³/mol. The van der Waals surface area contributed by atoms with Gasteiger partial charge in [-0.25, -0.2) is 12.8 Å². The smallest absolute Gasteiger partial charge is 0.394 e. The summed E-state index contributed by atoms with van der Waals surface area (Å²) >= 11 is 5.80. The van der Waals surface area contributed by atoms with Gasteiger partial charge in [-0.15, -0.1) is 0 Å². The molecule has 0 saturated carbocycles. The van der Waals surface area contributed by atoms with E-state index in [4.69, 9.17) is 14.3 Å². The number of aryl methyl sites for hydroxylation is 1. The minimum atomic E-state index is -4.67. The molecule has 12 heteroatoms. The van der Waals surface area contributed by atoms with Crippen LogP contribution in [0, 0.1) is 0 Å². The van der Waals surface area contributed by atoms with Crippen molar-refractivity contribution < 1.29 is 38.6 Å². The van der Waals surface area contributed by atoms with Crippen LogP contribution in [0.3, 0.4) is 0 Å². The molecule has 0 aliphatic rings. The first-order chi connectivity index (χ1) is 20.0. The Morgan fingerprint density at radius 1 is 1.10 bits per heavy atom. The first-order valence-electron chi connectivity index (χ1n) is 13.4. The average molecular weight is 613 g/mol. The second-order valence-electron chi connectivity index (χ2n) is 9.23. The number of halogens is 5. The molecule has 41 heavy (non-hydrogen) atoms. The van der Waals surface area contributed by atoms with Gasteiger partial charge in [0, 0.05) is 33.6 Å². The highest BCUT2D eigenvalue weighted by Crippen LogP contribution is 2.35. The lowest BCUT2D eigenvalue weighted by molar-refractivity contribution is -0.138. The van der Waals surface area contributed by atoms with Gasteiger partial charge in [0.1, 0.15) is 6.67 Å². The summed E-state index contributed by atoms with van der Waals surface area (Å²) in [5.41, 5.74) is -0.00123. The second-order valence-corrected chi connectivity index (χ2v) is 11.9. The molecule has 1 atom stereocenters. The molecule has 1 heterocycles. The van der Waals surface area contributed by atoms with Crippen LogP contribution in [0.5, 0.6) is 0 Å². The zero-order valence-corrected chi connectivity index (χ0v) is 23.2. The largest absolute Gasteiger partial charge is 0.416 e. The van der Waals surface area contributed by atoms with E-state index in [9.17, 15) is 35.9 Å². The van der Waals surface area contributed by atoms with Crippen molar-refractivity contribution >= 4 is 38.2 Å². The van der Waals surface area contributed by atoms with Gasteiger partial charge in [-0.3, -0.25) is 4.79 Å². The quantitative estimate of drug-likeness (QED) is 0.211. The number of hydrogen-bond acceptors (Lipinski definition) is 4. The summed E-state index contributed by atoms with van der Waals surface area (Å²) in [5.74, 6) is -0.930. The molecular formula is C29H27ClF4N2O4S. The lowest BCUT2D eigenvalue weighted by atomic mass is 10.0. The van der Waals surface area contributed by atoms with Gasteiger partial charge in [-0.05, 0) is 59.7 Å². The van der Waals surface area contributed by atoms with Gasteiger partial charge >= 0.3 is 6.18 Å². The summed E-state index contributed by atoms with van der Waals surface area (Å²) in [6.45, 7) is -2.40. The van der Waals surface area contributed by atoms with Crippen molar-refractivity contribution in [3.8, 4) is 0 Å². The minimum absolute atomic E-state index is 0.00216. The fourth-order valence-electron chi connectivity index (χ4n) is 4.57. The number of nitrogens with zero attached hydrogens (tertiary/aromatic N) is 1. The number of amides is 1. The van der Waals surface area contributed by atoms with Crippen molar-refractivity contribution in [2.75, 3.05) is 19.0 Å². The molecule has 4 aromatic rings. The third-order valence-electron chi connectivity index (χ3n) is 6.66. The summed E-state index contributed by atoms with van der Waals surface area (Å²) in [6.07, 6.45) is -4.86. The minimum Gasteiger partial charge on any atom is -0.394 e. The predicted octanol–water partition coefficient (Wildman–Crippen LogP) is 6.13. The maximum absolute atomic E-state index is 13.7. The molecule has 0 aliphatic heterocycles. The molecule has 6 nitrogen and oxygen atoms in total. The fourth-order valence-corrected chi connectivity index (χ4v) is 5.62. The van der Waals surface area contributed by atoms with Crippen LogP contribution in [0.4, 0.5) is 17.6 Å². The summed E-state index contributed by atoms with van der Waals surface area (Å²) in [5, 5.41) is 13.0. The molecule has 0 spiro atoms. The number of rotatable bonds is 10. The van der Waals surface area contributed by atoms with Crippen molar-refractivity contribution in [3.05, 3.63) is 99.7 Å². The number of nitrogens with one attached hydrogen (secondary N) is 1. The van der Waals surface area contributed by atoms with E-state index in [1.807, 2.05) is 0 Å². The zero-order chi connectivity index (χ0) is 31.7. The summed E-state index contributed by atoms with van der Waals surface area (Å²) in [4.78, 5) is 13.2.